The highest BCUT2D eigenvalue weighted by atomic mass is 16.5. The third kappa shape index (κ3) is 8.90. The second kappa shape index (κ2) is 13.1. The van der Waals surface area contributed by atoms with Gasteiger partial charge in [-0.1, -0.05) is 74.5 Å². The lowest BCUT2D eigenvalue weighted by molar-refractivity contribution is -0.173. The van der Waals surface area contributed by atoms with Crippen LogP contribution in [0.15, 0.2) is 60.7 Å². The Morgan fingerprint density at radius 3 is 1.97 bits per heavy atom. The highest BCUT2D eigenvalue weighted by Gasteiger charge is 2.48. The van der Waals surface area contributed by atoms with Gasteiger partial charge in [-0.3, -0.25) is 9.59 Å². The van der Waals surface area contributed by atoms with Gasteiger partial charge in [-0.05, 0) is 52.2 Å². The molecule has 2 aromatic rings. The maximum absolute atomic E-state index is 14.0. The summed E-state index contributed by atoms with van der Waals surface area (Å²) in [6, 6.07) is 18.8. The molecule has 202 valence electrons. The number of benzene rings is 2. The fraction of sp³-hybridized carbons (Fsp3) is 0.516. The molecule has 6 heteroatoms. The molecule has 6 nitrogen and oxygen atoms in total. The molecule has 0 radical (unpaired) electrons. The molecule has 0 N–H and O–H groups in total. The summed E-state index contributed by atoms with van der Waals surface area (Å²) in [5.41, 5.74) is -0.803. The predicted octanol–water partition coefficient (Wildman–Crippen LogP) is 6.27. The van der Waals surface area contributed by atoms with Gasteiger partial charge in [0, 0.05) is 6.42 Å². The number of ketones is 1. The zero-order chi connectivity index (χ0) is 27.7. The SMILES string of the molecule is CC(C)(C)OC(C(=O)C(C)(C)C(C)(C)OCC(CCC=O)C(=O)OCc1ccccc1)c1ccccc1. The Balaban J connectivity index is 2.17. The van der Waals surface area contributed by atoms with Gasteiger partial charge in [-0.2, -0.15) is 0 Å². The third-order valence-corrected chi connectivity index (χ3v) is 6.77. The van der Waals surface area contributed by atoms with Crippen molar-refractivity contribution in [2.75, 3.05) is 6.61 Å². The molecule has 0 bridgehead atoms. The first kappa shape index (κ1) is 30.4. The molecule has 0 saturated heterocycles. The van der Waals surface area contributed by atoms with Crippen LogP contribution in [0.25, 0.3) is 0 Å². The van der Waals surface area contributed by atoms with Crippen LogP contribution in [0.4, 0.5) is 0 Å². The van der Waals surface area contributed by atoms with E-state index in [2.05, 4.69) is 0 Å². The number of carbonyl (C=O) groups is 3. The van der Waals surface area contributed by atoms with E-state index >= 15 is 0 Å². The molecule has 2 unspecified atom stereocenters. The van der Waals surface area contributed by atoms with E-state index in [1.165, 1.54) is 0 Å². The van der Waals surface area contributed by atoms with Crippen molar-refractivity contribution in [1.29, 1.82) is 0 Å². The Bertz CT molecular complexity index is 1000. The maximum Gasteiger partial charge on any atom is 0.311 e. The second-order valence-corrected chi connectivity index (χ2v) is 11.4. The van der Waals surface area contributed by atoms with Crippen molar-refractivity contribution in [1.82, 2.24) is 0 Å². The Labute approximate surface area is 221 Å². The van der Waals surface area contributed by atoms with Gasteiger partial charge in [0.25, 0.3) is 0 Å². The van der Waals surface area contributed by atoms with Crippen LogP contribution in [-0.2, 0) is 35.2 Å². The average Bonchev–Trinajstić information content (AvgIpc) is 2.86. The fourth-order valence-electron chi connectivity index (χ4n) is 3.75. The van der Waals surface area contributed by atoms with Crippen LogP contribution in [0.1, 0.15) is 78.5 Å². The molecular weight excluding hydrogens is 468 g/mol. The van der Waals surface area contributed by atoms with E-state index in [9.17, 15) is 14.4 Å². The van der Waals surface area contributed by atoms with Crippen LogP contribution in [0.2, 0.25) is 0 Å². The molecule has 37 heavy (non-hydrogen) atoms. The molecule has 0 aliphatic carbocycles. The van der Waals surface area contributed by atoms with Crippen LogP contribution in [0.3, 0.4) is 0 Å². The van der Waals surface area contributed by atoms with Crippen molar-refractivity contribution >= 4 is 18.0 Å². The first-order chi connectivity index (χ1) is 17.3. The van der Waals surface area contributed by atoms with E-state index in [0.717, 1.165) is 17.4 Å². The minimum Gasteiger partial charge on any atom is -0.461 e. The summed E-state index contributed by atoms with van der Waals surface area (Å²) in [5, 5.41) is 0. The zero-order valence-corrected chi connectivity index (χ0v) is 23.3. The van der Waals surface area contributed by atoms with E-state index in [4.69, 9.17) is 14.2 Å². The van der Waals surface area contributed by atoms with Crippen LogP contribution in [0, 0.1) is 11.3 Å². The van der Waals surface area contributed by atoms with Gasteiger partial charge >= 0.3 is 5.97 Å². The Kier molecular flexibility index (Phi) is 10.8. The largest absolute Gasteiger partial charge is 0.461 e. The van der Waals surface area contributed by atoms with Gasteiger partial charge in [0.05, 0.1) is 29.1 Å². The molecule has 2 rings (SSSR count). The minimum absolute atomic E-state index is 0.0291. The van der Waals surface area contributed by atoms with Crippen molar-refractivity contribution in [3.63, 3.8) is 0 Å². The van der Waals surface area contributed by atoms with E-state index < -0.39 is 34.6 Å². The summed E-state index contributed by atoms with van der Waals surface area (Å²) < 4.78 is 18.0. The lowest BCUT2D eigenvalue weighted by Crippen LogP contribution is -2.50. The number of hydrogen-bond acceptors (Lipinski definition) is 6. The topological polar surface area (TPSA) is 78.9 Å². The standard InChI is InChI=1S/C31H42O6/c1-29(2,3)37-26(24-17-12-9-13-18-24)27(33)30(4,5)31(6,7)36-22-25(19-14-20-32)28(34)35-21-23-15-10-8-11-16-23/h8-13,15-18,20,25-26H,14,19,21-22H2,1-7H3. The first-order valence-corrected chi connectivity index (χ1v) is 12.8. The molecule has 2 atom stereocenters. The monoisotopic (exact) mass is 510 g/mol. The van der Waals surface area contributed by atoms with Crippen LogP contribution >= 0.6 is 0 Å². The molecular formula is C31H42O6. The Morgan fingerprint density at radius 2 is 1.43 bits per heavy atom. The number of rotatable bonds is 14. The Morgan fingerprint density at radius 1 is 0.865 bits per heavy atom. The van der Waals surface area contributed by atoms with Crippen molar-refractivity contribution < 1.29 is 28.6 Å². The molecule has 0 amide bonds. The maximum atomic E-state index is 14.0. The zero-order valence-electron chi connectivity index (χ0n) is 23.3. The number of hydrogen-bond donors (Lipinski definition) is 0. The van der Waals surface area contributed by atoms with Crippen molar-refractivity contribution in [2.24, 2.45) is 11.3 Å². The Hall–Kier alpha value is -2.83. The lowest BCUT2D eigenvalue weighted by Gasteiger charge is -2.43. The highest BCUT2D eigenvalue weighted by Crippen LogP contribution is 2.41. The number of carbonyl (C=O) groups excluding carboxylic acids is 3. The highest BCUT2D eigenvalue weighted by molar-refractivity contribution is 5.90. The third-order valence-electron chi connectivity index (χ3n) is 6.77. The summed E-state index contributed by atoms with van der Waals surface area (Å²) in [6.45, 7) is 13.3. The van der Waals surface area contributed by atoms with E-state index in [1.54, 1.807) is 0 Å². The van der Waals surface area contributed by atoms with Gasteiger partial charge in [-0.15, -0.1) is 0 Å². The smallest absolute Gasteiger partial charge is 0.311 e. The van der Waals surface area contributed by atoms with Gasteiger partial charge in [0.15, 0.2) is 5.78 Å². The summed E-state index contributed by atoms with van der Waals surface area (Å²) in [7, 11) is 0. The predicted molar refractivity (Wildman–Crippen MR) is 144 cm³/mol. The minimum atomic E-state index is -0.970. The van der Waals surface area contributed by atoms with Crippen LogP contribution in [-0.4, -0.2) is 35.8 Å². The normalized spacial score (nSPS) is 14.0. The fourth-order valence-corrected chi connectivity index (χ4v) is 3.75. The number of esters is 1. The molecule has 2 aromatic carbocycles. The van der Waals surface area contributed by atoms with Gasteiger partial charge < -0.3 is 19.0 Å². The van der Waals surface area contributed by atoms with Crippen molar-refractivity contribution in [3.05, 3.63) is 71.8 Å². The van der Waals surface area contributed by atoms with Crippen LogP contribution in [0.5, 0.6) is 0 Å². The quantitative estimate of drug-likeness (QED) is 0.220. The molecule has 0 fully saturated rings. The van der Waals surface area contributed by atoms with Gasteiger partial charge in [0.2, 0.25) is 0 Å². The summed E-state index contributed by atoms with van der Waals surface area (Å²) >= 11 is 0. The van der Waals surface area contributed by atoms with Crippen molar-refractivity contribution in [2.45, 2.75) is 85.2 Å². The van der Waals surface area contributed by atoms with E-state index in [-0.39, 0.29) is 25.4 Å². The van der Waals surface area contributed by atoms with Crippen molar-refractivity contribution in [3.8, 4) is 0 Å². The second-order valence-electron chi connectivity index (χ2n) is 11.4. The number of Topliss-reactive ketones (excluding diaryl/α,β-unsaturated/α-hetero) is 1. The molecule has 0 aliphatic heterocycles. The molecule has 0 spiro atoms. The van der Waals surface area contributed by atoms with Crippen LogP contribution < -0.4 is 0 Å². The summed E-state index contributed by atoms with van der Waals surface area (Å²) in [5.74, 6) is -1.17. The number of aldehydes is 1. The van der Waals surface area contributed by atoms with E-state index in [1.807, 2.05) is 109 Å². The van der Waals surface area contributed by atoms with Gasteiger partial charge in [-0.25, -0.2) is 0 Å². The van der Waals surface area contributed by atoms with E-state index in [0.29, 0.717) is 6.42 Å². The number of ether oxygens (including phenoxy) is 3. The molecule has 0 aromatic heterocycles. The average molecular weight is 511 g/mol. The molecule has 0 aliphatic rings. The summed E-state index contributed by atoms with van der Waals surface area (Å²) in [6.07, 6.45) is 0.527. The lowest BCUT2D eigenvalue weighted by atomic mass is 9.71. The summed E-state index contributed by atoms with van der Waals surface area (Å²) in [4.78, 5) is 37.9. The molecule has 0 heterocycles. The molecule has 0 saturated carbocycles. The first-order valence-electron chi connectivity index (χ1n) is 12.8. The van der Waals surface area contributed by atoms with Gasteiger partial charge in [0.1, 0.15) is 19.0 Å².